The highest BCUT2D eigenvalue weighted by Crippen LogP contribution is 2.20. The monoisotopic (exact) mass is 298 g/mol. The van der Waals surface area contributed by atoms with Crippen LogP contribution in [0.2, 0.25) is 0 Å². The molecule has 1 atom stereocenters. The molecule has 21 heavy (non-hydrogen) atoms. The van der Waals surface area contributed by atoms with Gasteiger partial charge in [0.25, 0.3) is 5.91 Å². The lowest BCUT2D eigenvalue weighted by molar-refractivity contribution is -0.132. The van der Waals surface area contributed by atoms with Gasteiger partial charge in [-0.3, -0.25) is 14.9 Å². The smallest absolute Gasteiger partial charge is 0.325 e. The molecule has 120 valence electrons. The fourth-order valence-electron chi connectivity index (χ4n) is 2.02. The molecule has 1 rings (SSSR count). The lowest BCUT2D eigenvalue weighted by Crippen LogP contribution is -2.49. The number of carbonyl (C=O) groups is 3. The zero-order valence-electron chi connectivity index (χ0n) is 13.5. The number of hydrogen-bond acceptors (Lipinski definition) is 4. The highest BCUT2D eigenvalue weighted by Gasteiger charge is 2.46. The second-order valence-electron chi connectivity index (χ2n) is 6.42. The molecule has 0 aromatic carbocycles. The van der Waals surface area contributed by atoms with Crippen molar-refractivity contribution in [3.05, 3.63) is 0 Å². The lowest BCUT2D eigenvalue weighted by atomic mass is 10.0. The van der Waals surface area contributed by atoms with Gasteiger partial charge in [0.15, 0.2) is 0 Å². The van der Waals surface area contributed by atoms with Gasteiger partial charge in [0.1, 0.15) is 12.1 Å². The normalized spacial score (nSPS) is 18.9. The van der Waals surface area contributed by atoms with Crippen LogP contribution in [-0.2, 0) is 9.59 Å². The molecule has 1 aliphatic heterocycles. The van der Waals surface area contributed by atoms with E-state index in [1.54, 1.807) is 25.8 Å². The lowest BCUT2D eigenvalue weighted by Gasteiger charge is -2.29. The van der Waals surface area contributed by atoms with Crippen molar-refractivity contribution in [1.29, 1.82) is 0 Å². The molecule has 1 heterocycles. The Balaban J connectivity index is 2.56. The molecule has 0 spiro atoms. The quantitative estimate of drug-likeness (QED) is 0.682. The number of imide groups is 1. The molecular formula is C14H26N4O3. The van der Waals surface area contributed by atoms with Crippen molar-refractivity contribution in [1.82, 2.24) is 15.1 Å². The molecule has 1 fully saturated rings. The fraction of sp³-hybridized carbons (Fsp3) is 0.786. The number of amides is 4. The minimum Gasteiger partial charge on any atom is -0.344 e. The van der Waals surface area contributed by atoms with Crippen LogP contribution in [0.3, 0.4) is 0 Å². The van der Waals surface area contributed by atoms with Crippen molar-refractivity contribution < 1.29 is 14.4 Å². The van der Waals surface area contributed by atoms with Crippen molar-refractivity contribution in [3.63, 3.8) is 0 Å². The number of rotatable bonds is 6. The van der Waals surface area contributed by atoms with Crippen molar-refractivity contribution in [2.45, 2.75) is 45.7 Å². The Morgan fingerprint density at radius 2 is 1.95 bits per heavy atom. The van der Waals surface area contributed by atoms with E-state index in [1.807, 2.05) is 13.8 Å². The summed E-state index contributed by atoms with van der Waals surface area (Å²) in [6.45, 7) is 7.73. The average molecular weight is 298 g/mol. The van der Waals surface area contributed by atoms with Crippen LogP contribution in [0, 0.1) is 5.92 Å². The first kappa shape index (κ1) is 17.4. The molecular weight excluding hydrogens is 272 g/mol. The molecule has 4 amide bonds. The van der Waals surface area contributed by atoms with E-state index in [2.05, 4.69) is 5.32 Å². The van der Waals surface area contributed by atoms with Gasteiger partial charge in [0, 0.05) is 19.6 Å². The zero-order chi connectivity index (χ0) is 16.4. The van der Waals surface area contributed by atoms with Gasteiger partial charge in [0.05, 0.1) is 0 Å². The summed E-state index contributed by atoms with van der Waals surface area (Å²) in [5, 5.41) is 2.22. The Morgan fingerprint density at radius 1 is 1.38 bits per heavy atom. The number of likely N-dealkylation sites (N-methyl/N-ethyl adjacent to an activating group) is 1. The molecule has 0 bridgehead atoms. The summed E-state index contributed by atoms with van der Waals surface area (Å²) < 4.78 is 0. The van der Waals surface area contributed by atoms with Gasteiger partial charge >= 0.3 is 6.03 Å². The largest absolute Gasteiger partial charge is 0.344 e. The predicted octanol–water partition coefficient (Wildman–Crippen LogP) is 0.149. The predicted molar refractivity (Wildman–Crippen MR) is 79.4 cm³/mol. The maximum atomic E-state index is 12.2. The highest BCUT2D eigenvalue weighted by atomic mass is 16.2. The number of nitrogens with two attached hydrogens (primary N) is 1. The molecule has 0 aromatic rings. The Kier molecular flexibility index (Phi) is 5.33. The molecule has 0 aromatic heterocycles. The summed E-state index contributed by atoms with van der Waals surface area (Å²) in [7, 11) is 1.68. The number of nitrogens with one attached hydrogen (secondary N) is 1. The van der Waals surface area contributed by atoms with E-state index in [4.69, 9.17) is 5.73 Å². The average Bonchev–Trinajstić information content (AvgIpc) is 2.57. The third kappa shape index (κ3) is 3.93. The first-order chi connectivity index (χ1) is 9.57. The SMILES string of the molecule is CC(C)C(N)CCN(C)C(=O)CN1C(=O)NC(=O)C1(C)C. The topological polar surface area (TPSA) is 95.7 Å². The number of carbonyl (C=O) groups excluding carboxylic acids is 3. The molecule has 0 aliphatic carbocycles. The van der Waals surface area contributed by atoms with E-state index in [0.29, 0.717) is 18.9 Å². The molecule has 7 nitrogen and oxygen atoms in total. The summed E-state index contributed by atoms with van der Waals surface area (Å²) in [5.74, 6) is -0.233. The van der Waals surface area contributed by atoms with Gasteiger partial charge in [-0.2, -0.15) is 0 Å². The third-order valence-electron chi connectivity index (χ3n) is 4.07. The van der Waals surface area contributed by atoms with Crippen LogP contribution >= 0.6 is 0 Å². The Hall–Kier alpha value is -1.63. The number of hydrogen-bond donors (Lipinski definition) is 2. The highest BCUT2D eigenvalue weighted by molar-refractivity contribution is 6.07. The van der Waals surface area contributed by atoms with Crippen molar-refractivity contribution in [2.24, 2.45) is 11.7 Å². The van der Waals surface area contributed by atoms with Gasteiger partial charge < -0.3 is 15.5 Å². The van der Waals surface area contributed by atoms with Crippen molar-refractivity contribution >= 4 is 17.8 Å². The Bertz CT molecular complexity index is 434. The Labute approximate surface area is 125 Å². The van der Waals surface area contributed by atoms with Crippen LogP contribution in [0.1, 0.15) is 34.1 Å². The summed E-state index contributed by atoms with van der Waals surface area (Å²) >= 11 is 0. The van der Waals surface area contributed by atoms with Crippen LogP contribution in [0.15, 0.2) is 0 Å². The van der Waals surface area contributed by atoms with Crippen LogP contribution in [0.4, 0.5) is 4.79 Å². The van der Waals surface area contributed by atoms with Gasteiger partial charge in [-0.15, -0.1) is 0 Å². The van der Waals surface area contributed by atoms with Crippen molar-refractivity contribution in [2.75, 3.05) is 20.1 Å². The number of nitrogens with zero attached hydrogens (tertiary/aromatic N) is 2. The van der Waals surface area contributed by atoms with Crippen LogP contribution < -0.4 is 11.1 Å². The zero-order valence-corrected chi connectivity index (χ0v) is 13.5. The summed E-state index contributed by atoms with van der Waals surface area (Å²) in [5.41, 5.74) is 4.96. The molecule has 1 aliphatic rings. The van der Waals surface area contributed by atoms with E-state index < -0.39 is 11.6 Å². The molecule has 7 heteroatoms. The van der Waals surface area contributed by atoms with Gasteiger partial charge in [-0.25, -0.2) is 4.79 Å². The number of urea groups is 1. The standard InChI is InChI=1S/C14H26N4O3/c1-9(2)10(15)6-7-17(5)11(19)8-18-13(21)16-12(20)14(18,3)4/h9-10H,6-8,15H2,1-5H3,(H,16,20,21). The van der Waals surface area contributed by atoms with Crippen molar-refractivity contribution in [3.8, 4) is 0 Å². The molecule has 1 unspecified atom stereocenters. The van der Waals surface area contributed by atoms with Crippen LogP contribution in [0.5, 0.6) is 0 Å². The molecule has 0 saturated carbocycles. The van der Waals surface area contributed by atoms with E-state index in [1.165, 1.54) is 4.90 Å². The minimum absolute atomic E-state index is 0.0355. The second kappa shape index (κ2) is 6.43. The third-order valence-corrected chi connectivity index (χ3v) is 4.07. The molecule has 0 radical (unpaired) electrons. The van der Waals surface area contributed by atoms with E-state index in [9.17, 15) is 14.4 Å². The maximum absolute atomic E-state index is 12.2. The van der Waals surface area contributed by atoms with E-state index in [-0.39, 0.29) is 24.4 Å². The summed E-state index contributed by atoms with van der Waals surface area (Å²) in [4.78, 5) is 38.3. The Morgan fingerprint density at radius 3 is 2.38 bits per heavy atom. The van der Waals surface area contributed by atoms with Crippen LogP contribution in [-0.4, -0.2) is 59.4 Å². The van der Waals surface area contributed by atoms with Gasteiger partial charge in [-0.05, 0) is 26.2 Å². The van der Waals surface area contributed by atoms with Gasteiger partial charge in [-0.1, -0.05) is 13.8 Å². The second-order valence-corrected chi connectivity index (χ2v) is 6.42. The fourth-order valence-corrected chi connectivity index (χ4v) is 2.02. The van der Waals surface area contributed by atoms with E-state index in [0.717, 1.165) is 0 Å². The summed E-state index contributed by atoms with van der Waals surface area (Å²) in [6, 6.07) is -0.487. The molecule has 3 N–H and O–H groups in total. The summed E-state index contributed by atoms with van der Waals surface area (Å²) in [6.07, 6.45) is 0.703. The first-order valence-corrected chi connectivity index (χ1v) is 7.20. The first-order valence-electron chi connectivity index (χ1n) is 7.20. The molecule has 1 saturated heterocycles. The maximum Gasteiger partial charge on any atom is 0.325 e. The van der Waals surface area contributed by atoms with Gasteiger partial charge in [0.2, 0.25) is 5.91 Å². The minimum atomic E-state index is -0.998. The van der Waals surface area contributed by atoms with Crippen LogP contribution in [0.25, 0.3) is 0 Å². The van der Waals surface area contributed by atoms with E-state index >= 15 is 0 Å².